The molecule has 0 saturated heterocycles. The molecular weight excluding hydrogens is 891 g/mol. The van der Waals surface area contributed by atoms with Crippen molar-refractivity contribution in [1.82, 2.24) is 0 Å². The van der Waals surface area contributed by atoms with Crippen LogP contribution in [0.3, 0.4) is 0 Å². The van der Waals surface area contributed by atoms with E-state index in [9.17, 15) is 0 Å². The summed E-state index contributed by atoms with van der Waals surface area (Å²) in [6.45, 7) is 0. The third-order valence-electron chi connectivity index (χ3n) is 16.6. The molecule has 342 valence electrons. The molecule has 2 aliphatic rings. The zero-order valence-corrected chi connectivity index (χ0v) is 40.4. The van der Waals surface area contributed by atoms with E-state index in [0.717, 1.165) is 22.6 Å². The molecule has 0 amide bonds. The lowest BCUT2D eigenvalue weighted by atomic mass is 9.70. The smallest absolute Gasteiger partial charge is 0.0726 e. The maximum atomic E-state index is 2.59. The SMILES string of the molecule is c1ccc(-c2cccc(-c3cc4c(cc3N(c3ccc5c6ccccc6c6ccccc6c5c3)c3ccc5c6ccccc6c6ccccc6c5c3)C3(c5ccccc5-c5ccccc53)c3ccccc3-4)c2)cc1. The van der Waals surface area contributed by atoms with Gasteiger partial charge in [0.2, 0.25) is 0 Å². The molecule has 2 aliphatic carbocycles. The van der Waals surface area contributed by atoms with Gasteiger partial charge in [0.1, 0.15) is 0 Å². The van der Waals surface area contributed by atoms with Crippen molar-refractivity contribution >= 4 is 81.7 Å². The molecule has 14 aromatic rings. The Bertz CT molecular complexity index is 4400. The molecule has 1 spiro atoms. The first-order chi connectivity index (χ1) is 36.7. The summed E-state index contributed by atoms with van der Waals surface area (Å²) in [5.74, 6) is 0. The molecule has 0 saturated carbocycles. The van der Waals surface area contributed by atoms with Crippen LogP contribution in [0.1, 0.15) is 22.3 Å². The van der Waals surface area contributed by atoms with Crippen molar-refractivity contribution in [3.05, 3.63) is 295 Å². The fraction of sp³-hybridized carbons (Fsp3) is 0.0137. The predicted molar refractivity (Wildman–Crippen MR) is 313 cm³/mol. The van der Waals surface area contributed by atoms with E-state index >= 15 is 0 Å². The molecule has 0 fully saturated rings. The standard InChI is InChI=1S/C73H45N/c1-2-19-46(20-3-1)47-21-18-22-48(41-47)64-44-67-63-33-14-17-36-70(63)73(68-34-15-12-31-61(68)62-32-13-16-35-69(62)73)71(67)45-72(64)74(49-37-39-59-55-27-6-4-23-51(55)53-25-8-10-29-57(53)65(59)42-49)50-38-40-60-56-28-7-5-24-52(56)54-26-9-11-30-58(54)66(60)43-50/h1-45H. The second-order valence-corrected chi connectivity index (χ2v) is 20.2. The highest BCUT2D eigenvalue weighted by atomic mass is 15.1. The van der Waals surface area contributed by atoms with Crippen molar-refractivity contribution in [1.29, 1.82) is 0 Å². The Morgan fingerprint density at radius 3 is 1.04 bits per heavy atom. The fourth-order valence-electron chi connectivity index (χ4n) is 13.5. The van der Waals surface area contributed by atoms with E-state index < -0.39 is 5.41 Å². The Balaban J connectivity index is 1.06. The molecule has 74 heavy (non-hydrogen) atoms. The third kappa shape index (κ3) is 5.69. The molecule has 0 N–H and O–H groups in total. The molecule has 0 aromatic heterocycles. The quantitative estimate of drug-likeness (QED) is 0.155. The monoisotopic (exact) mass is 935 g/mol. The predicted octanol–water partition coefficient (Wildman–Crippen LogP) is 19.8. The van der Waals surface area contributed by atoms with E-state index in [4.69, 9.17) is 0 Å². The second-order valence-electron chi connectivity index (χ2n) is 20.2. The molecule has 16 rings (SSSR count). The molecule has 0 heterocycles. The lowest BCUT2D eigenvalue weighted by Crippen LogP contribution is -2.26. The topological polar surface area (TPSA) is 3.24 Å². The summed E-state index contributed by atoms with van der Waals surface area (Å²) >= 11 is 0. The number of fused-ring (bicyclic) bond motifs is 22. The van der Waals surface area contributed by atoms with Gasteiger partial charge in [-0.25, -0.2) is 0 Å². The zero-order valence-electron chi connectivity index (χ0n) is 40.4. The minimum absolute atomic E-state index is 0.541. The fourth-order valence-corrected chi connectivity index (χ4v) is 13.5. The molecule has 0 atom stereocenters. The number of rotatable bonds is 5. The molecule has 1 nitrogen and oxygen atoms in total. The number of hydrogen-bond donors (Lipinski definition) is 0. The van der Waals surface area contributed by atoms with Gasteiger partial charge in [-0.15, -0.1) is 0 Å². The largest absolute Gasteiger partial charge is 0.310 e. The average Bonchev–Trinajstić information content (AvgIpc) is 4.07. The van der Waals surface area contributed by atoms with Crippen molar-refractivity contribution in [3.63, 3.8) is 0 Å². The van der Waals surface area contributed by atoms with Gasteiger partial charge in [0.05, 0.1) is 11.1 Å². The van der Waals surface area contributed by atoms with Gasteiger partial charge in [-0.3, -0.25) is 0 Å². The van der Waals surface area contributed by atoms with Gasteiger partial charge >= 0.3 is 0 Å². The minimum atomic E-state index is -0.541. The van der Waals surface area contributed by atoms with Crippen molar-refractivity contribution in [2.45, 2.75) is 5.41 Å². The van der Waals surface area contributed by atoms with Gasteiger partial charge < -0.3 is 4.90 Å². The van der Waals surface area contributed by atoms with Crippen LogP contribution in [0.15, 0.2) is 273 Å². The lowest BCUT2D eigenvalue weighted by Gasteiger charge is -2.33. The van der Waals surface area contributed by atoms with Crippen LogP contribution >= 0.6 is 0 Å². The lowest BCUT2D eigenvalue weighted by molar-refractivity contribution is 0.794. The van der Waals surface area contributed by atoms with Gasteiger partial charge in [-0.1, -0.05) is 231 Å². The van der Waals surface area contributed by atoms with Crippen molar-refractivity contribution in [2.75, 3.05) is 4.90 Å². The summed E-state index contributed by atoms with van der Waals surface area (Å²) in [6, 6.07) is 103. The van der Waals surface area contributed by atoms with Crippen LogP contribution in [0.2, 0.25) is 0 Å². The summed E-state index contributed by atoms with van der Waals surface area (Å²) in [7, 11) is 0. The van der Waals surface area contributed by atoms with E-state index in [-0.39, 0.29) is 0 Å². The van der Waals surface area contributed by atoms with Gasteiger partial charge in [-0.05, 0) is 168 Å². The number of hydrogen-bond acceptors (Lipinski definition) is 1. The Kier molecular flexibility index (Phi) is 8.73. The van der Waals surface area contributed by atoms with Crippen LogP contribution in [-0.2, 0) is 5.41 Å². The third-order valence-corrected chi connectivity index (χ3v) is 16.6. The molecule has 0 aliphatic heterocycles. The summed E-state index contributed by atoms with van der Waals surface area (Å²) in [5.41, 5.74) is 17.9. The Labute approximate surface area is 429 Å². The van der Waals surface area contributed by atoms with Gasteiger partial charge in [0.25, 0.3) is 0 Å². The van der Waals surface area contributed by atoms with Gasteiger partial charge in [0, 0.05) is 16.9 Å². The van der Waals surface area contributed by atoms with Gasteiger partial charge in [-0.2, -0.15) is 0 Å². The van der Waals surface area contributed by atoms with E-state index in [0.29, 0.717) is 0 Å². The number of nitrogens with zero attached hydrogens (tertiary/aromatic N) is 1. The maximum absolute atomic E-state index is 2.59. The van der Waals surface area contributed by atoms with Crippen LogP contribution < -0.4 is 4.90 Å². The number of benzene rings is 14. The van der Waals surface area contributed by atoms with Crippen LogP contribution in [0.25, 0.3) is 109 Å². The van der Waals surface area contributed by atoms with Crippen LogP contribution in [-0.4, -0.2) is 0 Å². The first-order valence-electron chi connectivity index (χ1n) is 25.8. The molecule has 1 heteroatoms. The molecule has 14 aromatic carbocycles. The van der Waals surface area contributed by atoms with E-state index in [1.54, 1.807) is 0 Å². The average molecular weight is 936 g/mol. The van der Waals surface area contributed by atoms with E-state index in [1.165, 1.54) is 126 Å². The highest BCUT2D eigenvalue weighted by molar-refractivity contribution is 6.27. The second kappa shape index (κ2) is 15.7. The first-order valence-corrected chi connectivity index (χ1v) is 25.8. The molecule has 0 bridgehead atoms. The van der Waals surface area contributed by atoms with Crippen LogP contribution in [0.4, 0.5) is 17.1 Å². The Morgan fingerprint density at radius 1 is 0.203 bits per heavy atom. The zero-order chi connectivity index (χ0) is 48.5. The summed E-state index contributed by atoms with van der Waals surface area (Å²) in [5, 5.41) is 15.0. The molecular formula is C73H45N. The van der Waals surface area contributed by atoms with Crippen molar-refractivity contribution < 1.29 is 0 Å². The normalized spacial score (nSPS) is 13.0. The Morgan fingerprint density at radius 2 is 0.568 bits per heavy atom. The highest BCUT2D eigenvalue weighted by Gasteiger charge is 2.52. The maximum Gasteiger partial charge on any atom is 0.0726 e. The highest BCUT2D eigenvalue weighted by Crippen LogP contribution is 2.64. The van der Waals surface area contributed by atoms with Crippen LogP contribution in [0, 0.1) is 0 Å². The van der Waals surface area contributed by atoms with Crippen LogP contribution in [0.5, 0.6) is 0 Å². The summed E-state index contributed by atoms with van der Waals surface area (Å²) in [6.07, 6.45) is 0. The van der Waals surface area contributed by atoms with Gasteiger partial charge in [0.15, 0.2) is 0 Å². The summed E-state index contributed by atoms with van der Waals surface area (Å²) in [4.78, 5) is 2.58. The summed E-state index contributed by atoms with van der Waals surface area (Å²) < 4.78 is 0. The van der Waals surface area contributed by atoms with Crippen molar-refractivity contribution in [3.8, 4) is 44.5 Å². The first kappa shape index (κ1) is 41.1. The van der Waals surface area contributed by atoms with E-state index in [1.807, 2.05) is 0 Å². The molecule has 0 unspecified atom stereocenters. The Hall–Kier alpha value is -9.56. The number of anilines is 3. The molecule has 0 radical (unpaired) electrons. The van der Waals surface area contributed by atoms with Crippen molar-refractivity contribution in [2.24, 2.45) is 0 Å². The van der Waals surface area contributed by atoms with E-state index in [2.05, 4.69) is 278 Å². The minimum Gasteiger partial charge on any atom is -0.310 e.